The number of hydrogen-bond acceptors (Lipinski definition) is 3. The molecule has 1 aromatic rings. The maximum absolute atomic E-state index is 11.5. The lowest BCUT2D eigenvalue weighted by Crippen LogP contribution is -2.59. The van der Waals surface area contributed by atoms with E-state index in [9.17, 15) is 9.59 Å². The number of urea groups is 1. The number of hydrogen-bond donors (Lipinski definition) is 1. The largest absolute Gasteiger partial charge is 0.342 e. The lowest BCUT2D eigenvalue weighted by molar-refractivity contribution is -0.126. The number of anilines is 1. The molecule has 2 rings (SSSR count). The summed E-state index contributed by atoms with van der Waals surface area (Å²) >= 11 is 0. The van der Waals surface area contributed by atoms with E-state index in [1.54, 1.807) is 5.01 Å². The van der Waals surface area contributed by atoms with E-state index in [0.717, 1.165) is 16.2 Å². The molecule has 16 heavy (non-hydrogen) atoms. The molecule has 0 bridgehead atoms. The highest BCUT2D eigenvalue weighted by Crippen LogP contribution is 2.15. The molecule has 0 spiro atoms. The summed E-state index contributed by atoms with van der Waals surface area (Å²) in [4.78, 5) is 24.0. The predicted molar refractivity (Wildman–Crippen MR) is 59.8 cm³/mol. The summed E-state index contributed by atoms with van der Waals surface area (Å²) in [6, 6.07) is 7.21. The molecule has 5 heteroatoms. The van der Waals surface area contributed by atoms with Gasteiger partial charge in [0.2, 0.25) is 0 Å². The molecule has 3 amide bonds. The minimum atomic E-state index is -0.405. The van der Waals surface area contributed by atoms with Gasteiger partial charge in [-0.15, -0.1) is 0 Å². The highest BCUT2D eigenvalue weighted by molar-refractivity contribution is 5.99. The number of nitrogens with zero attached hydrogens (tertiary/aromatic N) is 2. The van der Waals surface area contributed by atoms with Gasteiger partial charge in [0, 0.05) is 7.05 Å². The molecule has 0 atom stereocenters. The van der Waals surface area contributed by atoms with Gasteiger partial charge in [-0.05, 0) is 24.6 Å². The van der Waals surface area contributed by atoms with Crippen LogP contribution in [-0.2, 0) is 4.79 Å². The second-order valence-corrected chi connectivity index (χ2v) is 3.79. The van der Waals surface area contributed by atoms with E-state index in [2.05, 4.69) is 5.43 Å². The Labute approximate surface area is 93.6 Å². The number of carbonyl (C=O) groups is 2. The van der Waals surface area contributed by atoms with Crippen LogP contribution in [0.25, 0.3) is 0 Å². The fourth-order valence-electron chi connectivity index (χ4n) is 1.54. The van der Waals surface area contributed by atoms with Gasteiger partial charge in [0.1, 0.15) is 6.54 Å². The SMILES string of the molecule is Cc1cccc(N2CC(=O)N(C)C(=O)N2)c1. The van der Waals surface area contributed by atoms with Crippen LogP contribution in [0.5, 0.6) is 0 Å². The molecule has 0 saturated carbocycles. The molecular weight excluding hydrogens is 206 g/mol. The fourth-order valence-corrected chi connectivity index (χ4v) is 1.54. The van der Waals surface area contributed by atoms with Crippen LogP contribution in [0.1, 0.15) is 5.56 Å². The van der Waals surface area contributed by atoms with Crippen molar-refractivity contribution in [2.24, 2.45) is 0 Å². The normalized spacial score (nSPS) is 16.4. The van der Waals surface area contributed by atoms with E-state index in [0.29, 0.717) is 0 Å². The molecular formula is C11H13N3O2. The molecule has 1 aliphatic rings. The van der Waals surface area contributed by atoms with Gasteiger partial charge >= 0.3 is 6.03 Å². The van der Waals surface area contributed by atoms with E-state index in [1.807, 2.05) is 31.2 Å². The van der Waals surface area contributed by atoms with Crippen molar-refractivity contribution in [3.8, 4) is 0 Å². The Kier molecular flexibility index (Phi) is 2.52. The second-order valence-electron chi connectivity index (χ2n) is 3.79. The van der Waals surface area contributed by atoms with Gasteiger partial charge in [-0.2, -0.15) is 0 Å². The van der Waals surface area contributed by atoms with Crippen molar-refractivity contribution in [2.75, 3.05) is 18.6 Å². The minimum Gasteiger partial charge on any atom is -0.275 e. The fraction of sp³-hybridized carbons (Fsp3) is 0.273. The van der Waals surface area contributed by atoms with E-state index >= 15 is 0 Å². The van der Waals surface area contributed by atoms with Crippen molar-refractivity contribution in [3.05, 3.63) is 29.8 Å². The van der Waals surface area contributed by atoms with Crippen molar-refractivity contribution >= 4 is 17.6 Å². The molecule has 1 aliphatic heterocycles. The maximum atomic E-state index is 11.5. The standard InChI is InChI=1S/C11H13N3O2/c1-8-4-3-5-9(6-8)14-7-10(15)13(2)11(16)12-14/h3-6H,7H2,1-2H3,(H,12,16). The van der Waals surface area contributed by atoms with Crippen LogP contribution in [0.4, 0.5) is 10.5 Å². The Morgan fingerprint density at radius 3 is 2.69 bits per heavy atom. The summed E-state index contributed by atoms with van der Waals surface area (Å²) in [6.45, 7) is 2.12. The Morgan fingerprint density at radius 1 is 1.31 bits per heavy atom. The number of rotatable bonds is 1. The molecule has 1 aromatic carbocycles. The number of benzene rings is 1. The monoisotopic (exact) mass is 219 g/mol. The maximum Gasteiger partial charge on any atom is 0.342 e. The van der Waals surface area contributed by atoms with Gasteiger partial charge in [-0.25, -0.2) is 10.2 Å². The quantitative estimate of drug-likeness (QED) is 0.763. The van der Waals surface area contributed by atoms with Crippen LogP contribution in [0.3, 0.4) is 0 Å². The molecule has 1 N–H and O–H groups in total. The van der Waals surface area contributed by atoms with Gasteiger partial charge in [0.15, 0.2) is 0 Å². The summed E-state index contributed by atoms with van der Waals surface area (Å²) in [5, 5.41) is 1.55. The summed E-state index contributed by atoms with van der Waals surface area (Å²) in [5.74, 6) is -0.217. The van der Waals surface area contributed by atoms with E-state index in [4.69, 9.17) is 0 Å². The summed E-state index contributed by atoms with van der Waals surface area (Å²) in [7, 11) is 1.46. The van der Waals surface area contributed by atoms with Crippen molar-refractivity contribution in [1.82, 2.24) is 10.3 Å². The van der Waals surface area contributed by atoms with Crippen molar-refractivity contribution in [3.63, 3.8) is 0 Å². The molecule has 5 nitrogen and oxygen atoms in total. The molecule has 1 saturated heterocycles. The number of amides is 3. The minimum absolute atomic E-state index is 0.158. The summed E-state index contributed by atoms with van der Waals surface area (Å²) in [6.07, 6.45) is 0. The zero-order chi connectivity index (χ0) is 11.7. The summed E-state index contributed by atoms with van der Waals surface area (Å²) in [5.41, 5.74) is 4.54. The van der Waals surface area contributed by atoms with Crippen molar-refractivity contribution in [2.45, 2.75) is 6.92 Å². The van der Waals surface area contributed by atoms with Crippen molar-refractivity contribution in [1.29, 1.82) is 0 Å². The lowest BCUT2D eigenvalue weighted by atomic mass is 10.2. The van der Waals surface area contributed by atoms with Gasteiger partial charge < -0.3 is 0 Å². The zero-order valence-electron chi connectivity index (χ0n) is 9.23. The number of aryl methyl sites for hydroxylation is 1. The van der Waals surface area contributed by atoms with Crippen LogP contribution in [0.2, 0.25) is 0 Å². The molecule has 1 fully saturated rings. The average Bonchev–Trinajstić information content (AvgIpc) is 2.25. The first-order valence-corrected chi connectivity index (χ1v) is 4.99. The number of carbonyl (C=O) groups excluding carboxylic acids is 2. The Hall–Kier alpha value is -2.04. The highest BCUT2D eigenvalue weighted by Gasteiger charge is 2.27. The van der Waals surface area contributed by atoms with Gasteiger partial charge in [0.05, 0.1) is 5.69 Å². The van der Waals surface area contributed by atoms with E-state index in [1.165, 1.54) is 7.05 Å². The third-order valence-electron chi connectivity index (χ3n) is 2.52. The lowest BCUT2D eigenvalue weighted by Gasteiger charge is -2.32. The number of imide groups is 1. The first kappa shape index (κ1) is 10.5. The predicted octanol–water partition coefficient (Wildman–Crippen LogP) is 0.898. The number of likely N-dealkylation sites (N-methyl/N-ethyl adjacent to an activating group) is 1. The van der Waals surface area contributed by atoms with Gasteiger partial charge in [-0.3, -0.25) is 14.7 Å². The third-order valence-corrected chi connectivity index (χ3v) is 2.52. The zero-order valence-corrected chi connectivity index (χ0v) is 9.23. The first-order valence-electron chi connectivity index (χ1n) is 4.99. The van der Waals surface area contributed by atoms with E-state index in [-0.39, 0.29) is 12.5 Å². The first-order chi connectivity index (χ1) is 7.58. The van der Waals surface area contributed by atoms with Crippen LogP contribution >= 0.6 is 0 Å². The van der Waals surface area contributed by atoms with Crippen molar-refractivity contribution < 1.29 is 9.59 Å². The van der Waals surface area contributed by atoms with Crippen LogP contribution in [0.15, 0.2) is 24.3 Å². The molecule has 84 valence electrons. The molecule has 0 aromatic heterocycles. The molecule has 0 aliphatic carbocycles. The van der Waals surface area contributed by atoms with Gasteiger partial charge in [-0.1, -0.05) is 12.1 Å². The smallest absolute Gasteiger partial charge is 0.275 e. The molecule has 0 unspecified atom stereocenters. The van der Waals surface area contributed by atoms with Crippen LogP contribution in [0, 0.1) is 6.92 Å². The second kappa shape index (κ2) is 3.84. The summed E-state index contributed by atoms with van der Waals surface area (Å²) < 4.78 is 0. The Bertz CT molecular complexity index is 427. The topological polar surface area (TPSA) is 52.7 Å². The van der Waals surface area contributed by atoms with Crippen LogP contribution in [-0.4, -0.2) is 30.4 Å². The Balaban J connectivity index is 2.23. The number of hydrazine groups is 1. The highest BCUT2D eigenvalue weighted by atomic mass is 16.2. The van der Waals surface area contributed by atoms with E-state index < -0.39 is 6.03 Å². The van der Waals surface area contributed by atoms with Crippen LogP contribution < -0.4 is 10.4 Å². The van der Waals surface area contributed by atoms with Gasteiger partial charge in [0.25, 0.3) is 5.91 Å². The average molecular weight is 219 g/mol. The third kappa shape index (κ3) is 1.84. The number of nitrogens with one attached hydrogen (secondary N) is 1. The molecule has 1 heterocycles. The molecule has 0 radical (unpaired) electrons. The Morgan fingerprint density at radius 2 is 2.06 bits per heavy atom.